The molecule has 1 aliphatic heterocycles. The van der Waals surface area contributed by atoms with Crippen LogP contribution in [0.15, 0.2) is 28.9 Å². The maximum atomic E-state index is 4.30. The number of nitrogens with one attached hydrogen (secondary N) is 1. The van der Waals surface area contributed by atoms with Crippen LogP contribution in [0.1, 0.15) is 20.3 Å². The minimum absolute atomic E-state index is 0.838. The van der Waals surface area contributed by atoms with Gasteiger partial charge in [-0.3, -0.25) is 4.99 Å². The zero-order chi connectivity index (χ0) is 8.10. The molecular weight excluding hydrogens is 136 g/mol. The SMILES string of the molecule is CC/C=C1/C=CNC1=NCC. The molecule has 0 aliphatic carbocycles. The highest BCUT2D eigenvalue weighted by molar-refractivity contribution is 6.03. The highest BCUT2D eigenvalue weighted by Gasteiger charge is 2.05. The van der Waals surface area contributed by atoms with E-state index in [0.29, 0.717) is 0 Å². The van der Waals surface area contributed by atoms with Crippen molar-refractivity contribution >= 4 is 5.84 Å². The fourth-order valence-corrected chi connectivity index (χ4v) is 1.05. The Bertz CT molecular complexity index is 212. The Hall–Kier alpha value is -1.05. The molecule has 1 heterocycles. The molecule has 1 N–H and O–H groups in total. The third kappa shape index (κ3) is 1.93. The lowest BCUT2D eigenvalue weighted by Gasteiger charge is -1.98. The first-order chi connectivity index (χ1) is 5.38. The van der Waals surface area contributed by atoms with Gasteiger partial charge in [-0.1, -0.05) is 13.0 Å². The van der Waals surface area contributed by atoms with Crippen molar-refractivity contribution in [1.29, 1.82) is 0 Å². The Kier molecular flexibility index (Phi) is 2.90. The van der Waals surface area contributed by atoms with Gasteiger partial charge in [-0.25, -0.2) is 0 Å². The number of amidine groups is 1. The highest BCUT2D eigenvalue weighted by Crippen LogP contribution is 2.06. The van der Waals surface area contributed by atoms with Crippen LogP contribution in [-0.4, -0.2) is 12.4 Å². The van der Waals surface area contributed by atoms with Crippen LogP contribution >= 0.6 is 0 Å². The third-order valence-corrected chi connectivity index (χ3v) is 1.50. The number of allylic oxidation sites excluding steroid dienone is 1. The van der Waals surface area contributed by atoms with Crippen molar-refractivity contribution in [3.63, 3.8) is 0 Å². The maximum absolute atomic E-state index is 4.30. The molecule has 0 aromatic rings. The van der Waals surface area contributed by atoms with Crippen molar-refractivity contribution in [3.8, 4) is 0 Å². The molecular formula is C9H14N2. The van der Waals surface area contributed by atoms with E-state index in [-0.39, 0.29) is 0 Å². The lowest BCUT2D eigenvalue weighted by atomic mass is 10.2. The fourth-order valence-electron chi connectivity index (χ4n) is 1.05. The van der Waals surface area contributed by atoms with Gasteiger partial charge in [0.1, 0.15) is 5.84 Å². The Balaban J connectivity index is 2.71. The largest absolute Gasteiger partial charge is 0.346 e. The van der Waals surface area contributed by atoms with Crippen molar-refractivity contribution in [1.82, 2.24) is 5.32 Å². The predicted octanol–water partition coefficient (Wildman–Crippen LogP) is 1.86. The minimum Gasteiger partial charge on any atom is -0.346 e. The Labute approximate surface area is 67.7 Å². The first kappa shape index (κ1) is 8.05. The van der Waals surface area contributed by atoms with Crippen LogP contribution in [0.3, 0.4) is 0 Å². The summed E-state index contributed by atoms with van der Waals surface area (Å²) in [6, 6.07) is 0. The van der Waals surface area contributed by atoms with Crippen LogP contribution in [0.4, 0.5) is 0 Å². The minimum atomic E-state index is 0.838. The summed E-state index contributed by atoms with van der Waals surface area (Å²) >= 11 is 0. The van der Waals surface area contributed by atoms with Crippen LogP contribution in [0.5, 0.6) is 0 Å². The van der Waals surface area contributed by atoms with Crippen molar-refractivity contribution in [2.75, 3.05) is 6.54 Å². The third-order valence-electron chi connectivity index (χ3n) is 1.50. The van der Waals surface area contributed by atoms with E-state index < -0.39 is 0 Å². The molecule has 0 radical (unpaired) electrons. The van der Waals surface area contributed by atoms with Gasteiger partial charge in [-0.05, 0) is 19.4 Å². The van der Waals surface area contributed by atoms with E-state index in [1.165, 1.54) is 5.57 Å². The van der Waals surface area contributed by atoms with Gasteiger partial charge < -0.3 is 5.32 Å². The molecule has 0 unspecified atom stereocenters. The van der Waals surface area contributed by atoms with Gasteiger partial charge in [0.25, 0.3) is 0 Å². The Morgan fingerprint density at radius 3 is 3.00 bits per heavy atom. The second-order valence-corrected chi connectivity index (χ2v) is 2.37. The summed E-state index contributed by atoms with van der Waals surface area (Å²) < 4.78 is 0. The molecule has 1 rings (SSSR count). The van der Waals surface area contributed by atoms with E-state index in [1.54, 1.807) is 0 Å². The molecule has 1 aliphatic rings. The summed E-state index contributed by atoms with van der Waals surface area (Å²) in [5.41, 5.74) is 1.22. The van der Waals surface area contributed by atoms with Crippen LogP contribution in [0, 0.1) is 0 Å². The zero-order valence-electron chi connectivity index (χ0n) is 7.09. The van der Waals surface area contributed by atoms with Gasteiger partial charge in [-0.15, -0.1) is 0 Å². The molecule has 60 valence electrons. The number of aliphatic imine (C=N–C) groups is 1. The summed E-state index contributed by atoms with van der Waals surface area (Å²) in [7, 11) is 0. The van der Waals surface area contributed by atoms with Gasteiger partial charge in [0.15, 0.2) is 0 Å². The first-order valence-electron chi connectivity index (χ1n) is 4.06. The van der Waals surface area contributed by atoms with Crippen molar-refractivity contribution < 1.29 is 0 Å². The highest BCUT2D eigenvalue weighted by atomic mass is 15.0. The smallest absolute Gasteiger partial charge is 0.131 e. The quantitative estimate of drug-likeness (QED) is 0.638. The molecule has 0 aromatic carbocycles. The Morgan fingerprint density at radius 2 is 2.36 bits per heavy atom. The molecule has 0 saturated carbocycles. The molecule has 0 atom stereocenters. The average Bonchev–Trinajstić information content (AvgIpc) is 2.39. The van der Waals surface area contributed by atoms with Gasteiger partial charge >= 0.3 is 0 Å². The lowest BCUT2D eigenvalue weighted by molar-refractivity contribution is 1.10. The number of hydrogen-bond donors (Lipinski definition) is 1. The fraction of sp³-hybridized carbons (Fsp3) is 0.444. The summed E-state index contributed by atoms with van der Waals surface area (Å²) in [6.45, 7) is 5.00. The van der Waals surface area contributed by atoms with Crippen molar-refractivity contribution in [3.05, 3.63) is 23.9 Å². The van der Waals surface area contributed by atoms with E-state index >= 15 is 0 Å². The van der Waals surface area contributed by atoms with E-state index in [9.17, 15) is 0 Å². The molecule has 0 fully saturated rings. The summed E-state index contributed by atoms with van der Waals surface area (Å²) in [5.74, 6) is 1.01. The molecule has 0 amide bonds. The number of nitrogens with zero attached hydrogens (tertiary/aromatic N) is 1. The monoisotopic (exact) mass is 150 g/mol. The maximum Gasteiger partial charge on any atom is 0.131 e. The van der Waals surface area contributed by atoms with Crippen molar-refractivity contribution in [2.24, 2.45) is 4.99 Å². The lowest BCUT2D eigenvalue weighted by Crippen LogP contribution is -2.13. The normalized spacial score (nSPS) is 23.1. The standard InChI is InChI=1S/C9H14N2/c1-3-5-8-6-7-11-9(8)10-4-2/h5-7H,3-4H2,1-2H3,(H,10,11)/b8-5-. The molecule has 2 nitrogen and oxygen atoms in total. The average molecular weight is 150 g/mol. The summed E-state index contributed by atoms with van der Waals surface area (Å²) in [5, 5.41) is 3.09. The number of rotatable bonds is 2. The van der Waals surface area contributed by atoms with Crippen LogP contribution in [0.25, 0.3) is 0 Å². The van der Waals surface area contributed by atoms with Gasteiger partial charge in [0.2, 0.25) is 0 Å². The zero-order valence-corrected chi connectivity index (χ0v) is 7.09. The van der Waals surface area contributed by atoms with Gasteiger partial charge in [0.05, 0.1) is 0 Å². The molecule has 0 spiro atoms. The summed E-state index contributed by atoms with van der Waals surface area (Å²) in [6.07, 6.45) is 7.21. The topological polar surface area (TPSA) is 24.4 Å². The molecule has 11 heavy (non-hydrogen) atoms. The molecule has 0 saturated heterocycles. The van der Waals surface area contributed by atoms with E-state index in [4.69, 9.17) is 0 Å². The van der Waals surface area contributed by atoms with Crippen LogP contribution < -0.4 is 5.32 Å². The number of hydrogen-bond acceptors (Lipinski definition) is 1. The van der Waals surface area contributed by atoms with Crippen LogP contribution in [-0.2, 0) is 0 Å². The van der Waals surface area contributed by atoms with Gasteiger partial charge in [-0.2, -0.15) is 0 Å². The summed E-state index contributed by atoms with van der Waals surface area (Å²) in [4.78, 5) is 4.30. The molecule has 2 heteroatoms. The van der Waals surface area contributed by atoms with Gasteiger partial charge in [0, 0.05) is 18.3 Å². The first-order valence-corrected chi connectivity index (χ1v) is 4.06. The van der Waals surface area contributed by atoms with E-state index in [1.807, 2.05) is 13.1 Å². The van der Waals surface area contributed by atoms with E-state index in [2.05, 4.69) is 29.4 Å². The molecule has 0 aromatic heterocycles. The molecule has 0 bridgehead atoms. The second-order valence-electron chi connectivity index (χ2n) is 2.37. The van der Waals surface area contributed by atoms with Crippen molar-refractivity contribution in [2.45, 2.75) is 20.3 Å². The van der Waals surface area contributed by atoms with Crippen LogP contribution in [0.2, 0.25) is 0 Å². The van der Waals surface area contributed by atoms with E-state index in [0.717, 1.165) is 18.8 Å². The second kappa shape index (κ2) is 3.96. The Morgan fingerprint density at radius 1 is 1.55 bits per heavy atom. The predicted molar refractivity (Wildman–Crippen MR) is 48.6 cm³/mol.